The molecule has 0 saturated heterocycles. The van der Waals surface area contributed by atoms with Crippen molar-refractivity contribution < 1.29 is 19.4 Å². The van der Waals surface area contributed by atoms with Crippen LogP contribution in [-0.2, 0) is 28.7 Å². The standard InChI is InChI=1S/C20H28N2O2.C18H24N2O2/c1-8-24-19(23)17-11-18(20(5,6)7)21-22(17)12-16-14(3)9-13(2)10-15(16)4;1-11-7-12(2)14(13(3)8-11)10-20-15(17(21)22)9-16(19-20)18(4,5)6/h9-11H,8,12H2,1-7H3;7-9H,10H2,1-6H3,(H,21,22). The second kappa shape index (κ2) is 14.1. The Hall–Kier alpha value is -4.20. The van der Waals surface area contributed by atoms with E-state index in [0.717, 1.165) is 17.0 Å². The van der Waals surface area contributed by atoms with Crippen LogP contribution in [0.4, 0.5) is 0 Å². The summed E-state index contributed by atoms with van der Waals surface area (Å²) in [5.74, 6) is -1.26. The number of ether oxygens (including phenoxy) is 1. The van der Waals surface area contributed by atoms with Gasteiger partial charge >= 0.3 is 11.9 Å². The van der Waals surface area contributed by atoms with E-state index in [1.807, 2.05) is 33.8 Å². The van der Waals surface area contributed by atoms with Crippen molar-refractivity contribution in [2.75, 3.05) is 6.61 Å². The topological polar surface area (TPSA) is 99.2 Å². The van der Waals surface area contributed by atoms with Gasteiger partial charge in [-0.25, -0.2) is 9.59 Å². The SMILES string of the molecule is CCOC(=O)c1cc(C(C)(C)C)nn1Cc1c(C)cc(C)cc1C.Cc1cc(C)c(Cn2nc(C(C)(C)C)cc2C(=O)O)c(C)c1. The summed E-state index contributed by atoms with van der Waals surface area (Å²) in [6.45, 7) is 28.1. The number of aromatic carboxylic acids is 1. The Balaban J connectivity index is 0.000000251. The number of rotatable bonds is 7. The van der Waals surface area contributed by atoms with Crippen LogP contribution in [0.1, 0.15) is 125 Å². The number of carboxylic acids is 1. The number of hydrogen-bond acceptors (Lipinski definition) is 5. The van der Waals surface area contributed by atoms with Crippen molar-refractivity contribution in [2.24, 2.45) is 0 Å². The molecule has 0 atom stereocenters. The van der Waals surface area contributed by atoms with Crippen LogP contribution in [-0.4, -0.2) is 43.2 Å². The Labute approximate surface area is 274 Å². The number of esters is 1. The van der Waals surface area contributed by atoms with Crippen molar-refractivity contribution in [3.05, 3.63) is 104 Å². The first-order valence-electron chi connectivity index (χ1n) is 15.9. The fraction of sp³-hybridized carbons (Fsp3) is 0.474. The number of hydrogen-bond donors (Lipinski definition) is 1. The highest BCUT2D eigenvalue weighted by molar-refractivity contribution is 5.88. The summed E-state index contributed by atoms with van der Waals surface area (Å²) in [5, 5.41) is 18.7. The van der Waals surface area contributed by atoms with Gasteiger partial charge in [-0.1, -0.05) is 76.9 Å². The molecule has 0 bridgehead atoms. The van der Waals surface area contributed by atoms with E-state index >= 15 is 0 Å². The maximum atomic E-state index is 12.3. The highest BCUT2D eigenvalue weighted by Gasteiger charge is 2.25. The molecule has 0 aliphatic rings. The smallest absolute Gasteiger partial charge is 0.356 e. The number of aryl methyl sites for hydroxylation is 6. The van der Waals surface area contributed by atoms with Crippen LogP contribution >= 0.6 is 0 Å². The molecule has 0 unspecified atom stereocenters. The molecule has 0 amide bonds. The first-order chi connectivity index (χ1) is 21.2. The van der Waals surface area contributed by atoms with E-state index in [2.05, 4.69) is 91.7 Å². The van der Waals surface area contributed by atoms with Gasteiger partial charge in [-0.3, -0.25) is 9.36 Å². The third kappa shape index (κ3) is 8.74. The molecule has 4 aromatic rings. The summed E-state index contributed by atoms with van der Waals surface area (Å²) in [6.07, 6.45) is 0. The molecule has 0 fully saturated rings. The van der Waals surface area contributed by atoms with E-state index in [9.17, 15) is 14.7 Å². The Morgan fingerprint density at radius 3 is 1.33 bits per heavy atom. The third-order valence-corrected chi connectivity index (χ3v) is 8.10. The minimum Gasteiger partial charge on any atom is -0.477 e. The zero-order valence-electron chi connectivity index (χ0n) is 30.0. The number of nitrogens with zero attached hydrogens (tertiary/aromatic N) is 4. The van der Waals surface area contributed by atoms with E-state index < -0.39 is 5.97 Å². The van der Waals surface area contributed by atoms with Gasteiger partial charge in [0.05, 0.1) is 31.1 Å². The molecule has 0 aliphatic carbocycles. The summed E-state index contributed by atoms with van der Waals surface area (Å²) in [7, 11) is 0. The second-order valence-corrected chi connectivity index (χ2v) is 14.4. The average molecular weight is 629 g/mol. The van der Waals surface area contributed by atoms with Crippen molar-refractivity contribution in [1.29, 1.82) is 0 Å². The zero-order valence-corrected chi connectivity index (χ0v) is 30.0. The van der Waals surface area contributed by atoms with Crippen molar-refractivity contribution in [2.45, 2.75) is 114 Å². The van der Waals surface area contributed by atoms with E-state index in [-0.39, 0.29) is 22.5 Å². The first-order valence-corrected chi connectivity index (χ1v) is 15.9. The zero-order chi connectivity index (χ0) is 34.7. The second-order valence-electron chi connectivity index (χ2n) is 14.4. The summed E-state index contributed by atoms with van der Waals surface area (Å²) in [6, 6.07) is 12.1. The Kier molecular flexibility index (Phi) is 11.1. The Morgan fingerprint density at radius 1 is 0.652 bits per heavy atom. The minimum absolute atomic E-state index is 0.121. The molecule has 0 saturated carbocycles. The van der Waals surface area contributed by atoms with Gasteiger partial charge in [0.1, 0.15) is 11.4 Å². The van der Waals surface area contributed by atoms with Crippen molar-refractivity contribution in [1.82, 2.24) is 19.6 Å². The molecule has 46 heavy (non-hydrogen) atoms. The predicted molar refractivity (Wildman–Crippen MR) is 184 cm³/mol. The molecule has 8 heteroatoms. The Morgan fingerprint density at radius 2 is 1.00 bits per heavy atom. The number of benzene rings is 2. The summed E-state index contributed by atoms with van der Waals surface area (Å²) in [4.78, 5) is 23.9. The molecular weight excluding hydrogens is 576 g/mol. The van der Waals surface area contributed by atoms with Gasteiger partial charge in [-0.15, -0.1) is 0 Å². The molecule has 2 aromatic heterocycles. The first kappa shape index (κ1) is 36.3. The van der Waals surface area contributed by atoms with Gasteiger partial charge in [0.15, 0.2) is 0 Å². The number of carbonyl (C=O) groups is 2. The molecule has 0 aliphatic heterocycles. The van der Waals surface area contributed by atoms with E-state index in [0.29, 0.717) is 25.4 Å². The van der Waals surface area contributed by atoms with Gasteiger partial charge in [-0.05, 0) is 94.0 Å². The lowest BCUT2D eigenvalue weighted by Crippen LogP contribution is -2.16. The van der Waals surface area contributed by atoms with Crippen molar-refractivity contribution >= 4 is 11.9 Å². The van der Waals surface area contributed by atoms with Crippen LogP contribution in [0.25, 0.3) is 0 Å². The van der Waals surface area contributed by atoms with Crippen LogP contribution < -0.4 is 0 Å². The van der Waals surface area contributed by atoms with Gasteiger partial charge in [0, 0.05) is 10.8 Å². The Bertz CT molecular complexity index is 1680. The monoisotopic (exact) mass is 628 g/mol. The average Bonchev–Trinajstić information content (AvgIpc) is 3.54. The quantitative estimate of drug-likeness (QED) is 0.207. The van der Waals surface area contributed by atoms with Gasteiger partial charge in [-0.2, -0.15) is 10.2 Å². The fourth-order valence-electron chi connectivity index (χ4n) is 5.57. The summed E-state index contributed by atoms with van der Waals surface area (Å²) in [5.41, 5.74) is 11.7. The number of aromatic nitrogens is 4. The van der Waals surface area contributed by atoms with Crippen LogP contribution in [0.3, 0.4) is 0 Å². The van der Waals surface area contributed by atoms with Crippen LogP contribution in [0.5, 0.6) is 0 Å². The summed E-state index contributed by atoms with van der Waals surface area (Å²) < 4.78 is 8.60. The van der Waals surface area contributed by atoms with Crippen LogP contribution in [0, 0.1) is 41.5 Å². The van der Waals surface area contributed by atoms with Crippen molar-refractivity contribution in [3.8, 4) is 0 Å². The molecule has 1 N–H and O–H groups in total. The largest absolute Gasteiger partial charge is 0.477 e. The van der Waals surface area contributed by atoms with E-state index in [1.54, 1.807) is 15.4 Å². The molecule has 0 radical (unpaired) electrons. The van der Waals surface area contributed by atoms with Gasteiger partial charge < -0.3 is 9.84 Å². The lowest BCUT2D eigenvalue weighted by Gasteiger charge is -2.15. The molecule has 4 rings (SSSR count). The molecule has 0 spiro atoms. The lowest BCUT2D eigenvalue weighted by atomic mass is 9.92. The van der Waals surface area contributed by atoms with Gasteiger partial charge in [0.2, 0.25) is 0 Å². The van der Waals surface area contributed by atoms with E-state index in [1.165, 1.54) is 38.9 Å². The van der Waals surface area contributed by atoms with Crippen LogP contribution in [0.15, 0.2) is 36.4 Å². The lowest BCUT2D eigenvalue weighted by molar-refractivity contribution is 0.0512. The minimum atomic E-state index is -0.939. The predicted octanol–water partition coefficient (Wildman–Crippen LogP) is 8.18. The number of carbonyl (C=O) groups excluding carboxylic acids is 1. The molecule has 2 heterocycles. The fourth-order valence-corrected chi connectivity index (χ4v) is 5.57. The highest BCUT2D eigenvalue weighted by Crippen LogP contribution is 2.26. The maximum absolute atomic E-state index is 12.3. The van der Waals surface area contributed by atoms with Gasteiger partial charge in [0.25, 0.3) is 0 Å². The van der Waals surface area contributed by atoms with E-state index in [4.69, 9.17) is 9.84 Å². The van der Waals surface area contributed by atoms with Crippen molar-refractivity contribution in [3.63, 3.8) is 0 Å². The van der Waals surface area contributed by atoms with Crippen LogP contribution in [0.2, 0.25) is 0 Å². The molecule has 248 valence electrons. The maximum Gasteiger partial charge on any atom is 0.356 e. The third-order valence-electron chi connectivity index (χ3n) is 8.10. The number of carboxylic acid groups (broad SMARTS) is 1. The normalized spacial score (nSPS) is 11.7. The molecule has 2 aromatic carbocycles. The highest BCUT2D eigenvalue weighted by atomic mass is 16.5. The molecular formula is C38H52N4O4. The molecule has 8 nitrogen and oxygen atoms in total. The summed E-state index contributed by atoms with van der Waals surface area (Å²) >= 11 is 0.